The molecule has 4 heteroatoms. The van der Waals surface area contributed by atoms with Crippen LogP contribution in [-0.4, -0.2) is 25.3 Å². The van der Waals surface area contributed by atoms with Crippen molar-refractivity contribution in [2.75, 3.05) is 19.0 Å². The van der Waals surface area contributed by atoms with Crippen molar-refractivity contribution in [3.05, 3.63) is 54.1 Å². The minimum absolute atomic E-state index is 0.794. The van der Waals surface area contributed by atoms with Gasteiger partial charge in [0.2, 0.25) is 5.13 Å². The first-order valence-corrected chi connectivity index (χ1v) is 7.21. The maximum atomic E-state index is 4.49. The summed E-state index contributed by atoms with van der Waals surface area (Å²) in [5.74, 6) is 0. The van der Waals surface area contributed by atoms with Gasteiger partial charge >= 0.3 is 0 Å². The fourth-order valence-corrected chi connectivity index (χ4v) is 2.71. The molecule has 0 fully saturated rings. The van der Waals surface area contributed by atoms with Crippen LogP contribution in [0.2, 0.25) is 0 Å². The number of rotatable bonds is 3. The van der Waals surface area contributed by atoms with Crippen LogP contribution in [0.4, 0.5) is 10.8 Å². The Hall–Kier alpha value is -2.20. The van der Waals surface area contributed by atoms with Crippen molar-refractivity contribution >= 4 is 38.6 Å². The predicted octanol–water partition coefficient (Wildman–Crippen LogP) is 4.11. The van der Waals surface area contributed by atoms with Crippen molar-refractivity contribution in [1.82, 2.24) is 4.98 Å². The van der Waals surface area contributed by atoms with Crippen LogP contribution in [-0.2, 0) is 0 Å². The second-order valence-electron chi connectivity index (χ2n) is 4.71. The van der Waals surface area contributed by atoms with E-state index in [1.807, 2.05) is 38.5 Å². The van der Waals surface area contributed by atoms with Gasteiger partial charge in [-0.05, 0) is 29.8 Å². The van der Waals surface area contributed by atoms with Crippen molar-refractivity contribution in [3.63, 3.8) is 0 Å². The summed E-state index contributed by atoms with van der Waals surface area (Å²) in [6, 6.07) is 16.4. The molecule has 3 aromatic rings. The van der Waals surface area contributed by atoms with Crippen LogP contribution < -0.4 is 4.90 Å². The van der Waals surface area contributed by atoms with E-state index in [9.17, 15) is 0 Å². The van der Waals surface area contributed by atoms with E-state index in [1.54, 1.807) is 11.3 Å². The zero-order valence-corrected chi connectivity index (χ0v) is 12.3. The molecule has 0 aliphatic rings. The standard InChI is InChI=1S/C16H15N3S/c1-19(2)13-9-7-12(8-10-13)11-17-16-18-14-5-3-4-6-15(14)20-16/h3-11H,1-2H3. The number of fused-ring (bicyclic) bond motifs is 1. The monoisotopic (exact) mass is 281 g/mol. The molecule has 0 aliphatic carbocycles. The molecule has 0 saturated heterocycles. The van der Waals surface area contributed by atoms with Gasteiger partial charge in [0.15, 0.2) is 0 Å². The number of benzene rings is 2. The summed E-state index contributed by atoms with van der Waals surface area (Å²) in [7, 11) is 4.06. The Morgan fingerprint density at radius 2 is 1.80 bits per heavy atom. The Morgan fingerprint density at radius 3 is 2.50 bits per heavy atom. The van der Waals surface area contributed by atoms with Crippen molar-refractivity contribution < 1.29 is 0 Å². The topological polar surface area (TPSA) is 28.5 Å². The number of nitrogens with zero attached hydrogens (tertiary/aromatic N) is 3. The van der Waals surface area contributed by atoms with Crippen LogP contribution in [0.3, 0.4) is 0 Å². The van der Waals surface area contributed by atoms with E-state index in [4.69, 9.17) is 0 Å². The molecule has 0 bridgehead atoms. The van der Waals surface area contributed by atoms with Gasteiger partial charge in [-0.3, -0.25) is 0 Å². The lowest BCUT2D eigenvalue weighted by Crippen LogP contribution is -2.08. The van der Waals surface area contributed by atoms with E-state index in [2.05, 4.69) is 45.2 Å². The third-order valence-electron chi connectivity index (χ3n) is 3.02. The summed E-state index contributed by atoms with van der Waals surface area (Å²) in [5.41, 5.74) is 3.27. The minimum atomic E-state index is 0.794. The minimum Gasteiger partial charge on any atom is -0.378 e. The van der Waals surface area contributed by atoms with Gasteiger partial charge in [0.05, 0.1) is 10.2 Å². The van der Waals surface area contributed by atoms with Crippen LogP contribution in [0, 0.1) is 0 Å². The summed E-state index contributed by atoms with van der Waals surface area (Å²) >= 11 is 1.61. The van der Waals surface area contributed by atoms with Gasteiger partial charge in [-0.2, -0.15) is 0 Å². The molecule has 0 unspecified atom stereocenters. The molecule has 0 atom stereocenters. The summed E-state index contributed by atoms with van der Waals surface area (Å²) in [6.07, 6.45) is 1.86. The quantitative estimate of drug-likeness (QED) is 0.676. The summed E-state index contributed by atoms with van der Waals surface area (Å²) in [4.78, 5) is 11.0. The summed E-state index contributed by atoms with van der Waals surface area (Å²) in [6.45, 7) is 0. The second-order valence-corrected chi connectivity index (χ2v) is 5.72. The average Bonchev–Trinajstić information content (AvgIpc) is 2.88. The van der Waals surface area contributed by atoms with Crippen molar-refractivity contribution in [3.8, 4) is 0 Å². The normalized spacial score (nSPS) is 11.3. The number of anilines is 1. The molecule has 3 nitrogen and oxygen atoms in total. The van der Waals surface area contributed by atoms with Crippen molar-refractivity contribution in [2.45, 2.75) is 0 Å². The molecule has 2 aromatic carbocycles. The first kappa shape index (κ1) is 12.8. The number of aromatic nitrogens is 1. The molecule has 0 radical (unpaired) electrons. The number of hydrogen-bond donors (Lipinski definition) is 0. The molecule has 1 heterocycles. The van der Waals surface area contributed by atoms with E-state index in [1.165, 1.54) is 10.4 Å². The first-order valence-electron chi connectivity index (χ1n) is 6.39. The molecule has 0 N–H and O–H groups in total. The summed E-state index contributed by atoms with van der Waals surface area (Å²) < 4.78 is 1.17. The first-order chi connectivity index (χ1) is 9.72. The van der Waals surface area contributed by atoms with Gasteiger partial charge in [0.1, 0.15) is 0 Å². The SMILES string of the molecule is CN(C)c1ccc(C=Nc2nc3ccccc3s2)cc1. The van der Waals surface area contributed by atoms with Gasteiger partial charge in [-0.1, -0.05) is 35.6 Å². The Kier molecular flexibility index (Phi) is 3.48. The molecule has 0 saturated carbocycles. The van der Waals surface area contributed by atoms with Gasteiger partial charge in [0.25, 0.3) is 0 Å². The molecule has 1 aromatic heterocycles. The lowest BCUT2D eigenvalue weighted by molar-refractivity contribution is 1.13. The van der Waals surface area contributed by atoms with Gasteiger partial charge < -0.3 is 4.90 Å². The maximum absolute atomic E-state index is 4.49. The molecule has 0 spiro atoms. The van der Waals surface area contributed by atoms with Crippen LogP contribution >= 0.6 is 11.3 Å². The van der Waals surface area contributed by atoms with E-state index < -0.39 is 0 Å². The molecule has 3 rings (SSSR count). The zero-order valence-electron chi connectivity index (χ0n) is 11.4. The Bertz CT molecular complexity index is 709. The van der Waals surface area contributed by atoms with Gasteiger partial charge in [0, 0.05) is 26.0 Å². The lowest BCUT2D eigenvalue weighted by atomic mass is 10.2. The molecular formula is C16H15N3S. The van der Waals surface area contributed by atoms with Crippen LogP contribution in [0.5, 0.6) is 0 Å². The fraction of sp³-hybridized carbons (Fsp3) is 0.125. The fourth-order valence-electron chi connectivity index (χ4n) is 1.90. The third kappa shape index (κ3) is 2.70. The number of aliphatic imine (C=N–C) groups is 1. The Labute approximate surface area is 122 Å². The highest BCUT2D eigenvalue weighted by atomic mass is 32.1. The van der Waals surface area contributed by atoms with Crippen LogP contribution in [0.1, 0.15) is 5.56 Å². The van der Waals surface area contributed by atoms with E-state index in [0.29, 0.717) is 0 Å². The maximum Gasteiger partial charge on any atom is 0.210 e. The third-order valence-corrected chi connectivity index (χ3v) is 3.96. The molecule has 0 amide bonds. The van der Waals surface area contributed by atoms with E-state index in [0.717, 1.165) is 16.2 Å². The smallest absolute Gasteiger partial charge is 0.210 e. The average molecular weight is 281 g/mol. The van der Waals surface area contributed by atoms with Crippen LogP contribution in [0.15, 0.2) is 53.5 Å². The molecule has 0 aliphatic heterocycles. The highest BCUT2D eigenvalue weighted by Gasteiger charge is 2.00. The number of para-hydroxylation sites is 1. The van der Waals surface area contributed by atoms with Crippen LogP contribution in [0.25, 0.3) is 10.2 Å². The molecular weight excluding hydrogens is 266 g/mol. The zero-order chi connectivity index (χ0) is 13.9. The van der Waals surface area contributed by atoms with Crippen molar-refractivity contribution in [2.24, 2.45) is 4.99 Å². The van der Waals surface area contributed by atoms with Gasteiger partial charge in [-0.25, -0.2) is 9.98 Å². The summed E-state index contributed by atoms with van der Waals surface area (Å²) in [5, 5.41) is 0.794. The predicted molar refractivity (Wildman–Crippen MR) is 87.6 cm³/mol. The highest BCUT2D eigenvalue weighted by molar-refractivity contribution is 7.22. The van der Waals surface area contributed by atoms with E-state index in [-0.39, 0.29) is 0 Å². The van der Waals surface area contributed by atoms with E-state index >= 15 is 0 Å². The highest BCUT2D eigenvalue weighted by Crippen LogP contribution is 2.27. The Balaban J connectivity index is 1.82. The lowest BCUT2D eigenvalue weighted by Gasteiger charge is -2.11. The van der Waals surface area contributed by atoms with Gasteiger partial charge in [-0.15, -0.1) is 0 Å². The molecule has 20 heavy (non-hydrogen) atoms. The molecule has 100 valence electrons. The largest absolute Gasteiger partial charge is 0.378 e. The number of thiazole rings is 1. The second kappa shape index (κ2) is 5.43. The number of hydrogen-bond acceptors (Lipinski definition) is 4. The Morgan fingerprint density at radius 1 is 1.05 bits per heavy atom. The van der Waals surface area contributed by atoms with Crippen molar-refractivity contribution in [1.29, 1.82) is 0 Å².